The average molecular weight is 322 g/mol. The van der Waals surface area contributed by atoms with Crippen LogP contribution >= 0.6 is 0 Å². The summed E-state index contributed by atoms with van der Waals surface area (Å²) in [6.45, 7) is 4.51. The Hall–Kier alpha value is -1.28. The number of benzene rings is 1. The molecule has 0 bridgehead atoms. The Morgan fingerprint density at radius 1 is 1.24 bits per heavy atom. The Morgan fingerprint density at radius 3 is 2.24 bits per heavy atom. The van der Waals surface area contributed by atoms with E-state index in [2.05, 4.69) is 0 Å². The molecule has 0 aromatic heterocycles. The van der Waals surface area contributed by atoms with E-state index in [1.807, 2.05) is 13.8 Å². The standard InChI is InChI=1S/C13H17F3N2O2S/c1-9(2)12(17)7-18(8-12)10-5-3-4-6-11(10)21(19,20)13(14,15)16/h3-6,9H,7-8,17H2,1-2H3. The van der Waals surface area contributed by atoms with Crippen LogP contribution in [-0.4, -0.2) is 32.6 Å². The van der Waals surface area contributed by atoms with Crippen LogP contribution < -0.4 is 10.6 Å². The largest absolute Gasteiger partial charge is 0.501 e. The first kappa shape index (κ1) is 16.1. The number of alkyl halides is 3. The summed E-state index contributed by atoms with van der Waals surface area (Å²) in [4.78, 5) is 0.849. The van der Waals surface area contributed by atoms with Gasteiger partial charge in [0.2, 0.25) is 0 Å². The lowest BCUT2D eigenvalue weighted by molar-refractivity contribution is -0.0435. The minimum atomic E-state index is -5.37. The molecule has 1 aromatic carbocycles. The Morgan fingerprint density at radius 2 is 1.76 bits per heavy atom. The molecule has 0 radical (unpaired) electrons. The first-order valence-electron chi connectivity index (χ1n) is 6.43. The number of sulfone groups is 1. The summed E-state index contributed by atoms with van der Waals surface area (Å²) < 4.78 is 61.5. The fraction of sp³-hybridized carbons (Fsp3) is 0.538. The fourth-order valence-corrected chi connectivity index (χ4v) is 3.25. The zero-order chi connectivity index (χ0) is 16.1. The van der Waals surface area contributed by atoms with Gasteiger partial charge in [0.05, 0.1) is 16.1 Å². The van der Waals surface area contributed by atoms with E-state index in [1.54, 1.807) is 4.90 Å². The van der Waals surface area contributed by atoms with E-state index >= 15 is 0 Å². The van der Waals surface area contributed by atoms with Crippen LogP contribution in [0.3, 0.4) is 0 Å². The molecule has 0 saturated carbocycles. The van der Waals surface area contributed by atoms with Gasteiger partial charge in [-0.2, -0.15) is 13.2 Å². The minimum absolute atomic E-state index is 0.0524. The van der Waals surface area contributed by atoms with Crippen molar-refractivity contribution in [2.45, 2.75) is 29.8 Å². The van der Waals surface area contributed by atoms with Gasteiger partial charge in [-0.15, -0.1) is 0 Å². The lowest BCUT2D eigenvalue weighted by Gasteiger charge is -2.52. The van der Waals surface area contributed by atoms with E-state index in [0.717, 1.165) is 6.07 Å². The molecule has 2 rings (SSSR count). The lowest BCUT2D eigenvalue weighted by atomic mass is 9.80. The molecule has 4 nitrogen and oxygen atoms in total. The topological polar surface area (TPSA) is 63.4 Å². The third-order valence-corrected chi connectivity index (χ3v) is 5.45. The van der Waals surface area contributed by atoms with Crippen molar-refractivity contribution in [3.63, 3.8) is 0 Å². The number of hydrogen-bond acceptors (Lipinski definition) is 4. The Bertz CT molecular complexity index is 635. The second-order valence-electron chi connectivity index (χ2n) is 5.66. The number of para-hydroxylation sites is 1. The van der Waals surface area contributed by atoms with Crippen LogP contribution in [0.5, 0.6) is 0 Å². The molecule has 0 atom stereocenters. The molecule has 0 amide bonds. The van der Waals surface area contributed by atoms with Crippen LogP contribution in [0.4, 0.5) is 18.9 Å². The van der Waals surface area contributed by atoms with Crippen LogP contribution in [0.2, 0.25) is 0 Å². The van der Waals surface area contributed by atoms with Gasteiger partial charge in [0.1, 0.15) is 0 Å². The van der Waals surface area contributed by atoms with Gasteiger partial charge in [0.25, 0.3) is 9.84 Å². The van der Waals surface area contributed by atoms with Crippen LogP contribution in [0.15, 0.2) is 29.2 Å². The Labute approximate surface area is 121 Å². The maximum Gasteiger partial charge on any atom is 0.501 e. The minimum Gasteiger partial charge on any atom is -0.367 e. The van der Waals surface area contributed by atoms with Crippen LogP contribution in [0, 0.1) is 5.92 Å². The summed E-state index contributed by atoms with van der Waals surface area (Å²) in [5.41, 5.74) is 0.339. The highest BCUT2D eigenvalue weighted by Gasteiger charge is 2.50. The quantitative estimate of drug-likeness (QED) is 0.926. The smallest absolute Gasteiger partial charge is 0.367 e. The van der Waals surface area contributed by atoms with Crippen molar-refractivity contribution >= 4 is 15.5 Å². The zero-order valence-electron chi connectivity index (χ0n) is 11.7. The van der Waals surface area contributed by atoms with Gasteiger partial charge in [-0.3, -0.25) is 0 Å². The molecule has 0 aliphatic carbocycles. The van der Waals surface area contributed by atoms with Crippen molar-refractivity contribution in [1.29, 1.82) is 0 Å². The third kappa shape index (κ3) is 2.62. The highest BCUT2D eigenvalue weighted by Crippen LogP contribution is 2.39. The lowest BCUT2D eigenvalue weighted by Crippen LogP contribution is -2.70. The molecule has 0 spiro atoms. The third-order valence-electron chi connectivity index (χ3n) is 3.92. The number of nitrogens with zero attached hydrogens (tertiary/aromatic N) is 1. The Kier molecular flexibility index (Phi) is 3.74. The van der Waals surface area contributed by atoms with Gasteiger partial charge in [0, 0.05) is 13.1 Å². The summed E-state index contributed by atoms with van der Waals surface area (Å²) in [6.07, 6.45) is 0. The van der Waals surface area contributed by atoms with E-state index in [4.69, 9.17) is 5.73 Å². The average Bonchev–Trinajstić information content (AvgIpc) is 2.33. The van der Waals surface area contributed by atoms with Crippen molar-refractivity contribution < 1.29 is 21.6 Å². The first-order valence-corrected chi connectivity index (χ1v) is 7.91. The van der Waals surface area contributed by atoms with E-state index in [0.29, 0.717) is 13.1 Å². The normalized spacial score (nSPS) is 18.7. The van der Waals surface area contributed by atoms with Gasteiger partial charge in [0.15, 0.2) is 0 Å². The van der Waals surface area contributed by atoms with Crippen LogP contribution in [0.1, 0.15) is 13.8 Å². The molecular formula is C13H17F3N2O2S. The van der Waals surface area contributed by atoms with Crippen molar-refractivity contribution in [3.05, 3.63) is 24.3 Å². The molecule has 1 heterocycles. The summed E-state index contributed by atoms with van der Waals surface area (Å²) in [5, 5.41) is 0. The molecular weight excluding hydrogens is 305 g/mol. The molecule has 1 aromatic rings. The second kappa shape index (κ2) is 4.88. The van der Waals surface area contributed by atoms with Gasteiger partial charge in [-0.25, -0.2) is 8.42 Å². The second-order valence-corrected chi connectivity index (χ2v) is 7.57. The molecule has 8 heteroatoms. The van der Waals surface area contributed by atoms with Crippen LogP contribution in [-0.2, 0) is 9.84 Å². The number of halogens is 3. The SMILES string of the molecule is CC(C)C1(N)CN(c2ccccc2S(=O)(=O)C(F)(F)F)C1. The first-order chi connectivity index (χ1) is 9.49. The number of rotatable bonds is 3. The maximum absolute atomic E-state index is 12.7. The monoisotopic (exact) mass is 322 g/mol. The van der Waals surface area contributed by atoms with Crippen molar-refractivity contribution in [1.82, 2.24) is 0 Å². The molecule has 118 valence electrons. The van der Waals surface area contributed by atoms with Gasteiger partial charge in [-0.05, 0) is 18.1 Å². The molecule has 1 saturated heterocycles. The maximum atomic E-state index is 12.7. The van der Waals surface area contributed by atoms with Gasteiger partial charge >= 0.3 is 5.51 Å². The predicted octanol–water partition coefficient (Wildman–Crippen LogP) is 2.15. The van der Waals surface area contributed by atoms with E-state index in [9.17, 15) is 21.6 Å². The summed E-state index contributed by atoms with van der Waals surface area (Å²) in [7, 11) is -5.37. The predicted molar refractivity (Wildman–Crippen MR) is 73.7 cm³/mol. The summed E-state index contributed by atoms with van der Waals surface area (Å²) in [6, 6.07) is 5.14. The molecule has 1 fully saturated rings. The zero-order valence-corrected chi connectivity index (χ0v) is 12.5. The molecule has 21 heavy (non-hydrogen) atoms. The number of nitrogens with two attached hydrogens (primary N) is 1. The highest BCUT2D eigenvalue weighted by atomic mass is 32.2. The number of anilines is 1. The Balaban J connectivity index is 2.38. The summed E-state index contributed by atoms with van der Waals surface area (Å²) in [5.74, 6) is 0.153. The summed E-state index contributed by atoms with van der Waals surface area (Å²) >= 11 is 0. The van der Waals surface area contributed by atoms with Crippen molar-refractivity contribution in [3.8, 4) is 0 Å². The highest BCUT2D eigenvalue weighted by molar-refractivity contribution is 7.92. The van der Waals surface area contributed by atoms with E-state index < -0.39 is 25.8 Å². The molecule has 1 aliphatic heterocycles. The fourth-order valence-electron chi connectivity index (χ4n) is 2.27. The van der Waals surface area contributed by atoms with Crippen LogP contribution in [0.25, 0.3) is 0 Å². The van der Waals surface area contributed by atoms with E-state index in [-0.39, 0.29) is 11.6 Å². The molecule has 2 N–H and O–H groups in total. The molecule has 1 aliphatic rings. The van der Waals surface area contributed by atoms with E-state index in [1.165, 1.54) is 18.2 Å². The molecule has 0 unspecified atom stereocenters. The van der Waals surface area contributed by atoms with Crippen molar-refractivity contribution in [2.24, 2.45) is 11.7 Å². The number of hydrogen-bond donors (Lipinski definition) is 1. The van der Waals surface area contributed by atoms with Crippen molar-refractivity contribution in [2.75, 3.05) is 18.0 Å². The van der Waals surface area contributed by atoms with Gasteiger partial charge in [-0.1, -0.05) is 26.0 Å². The van der Waals surface area contributed by atoms with Gasteiger partial charge < -0.3 is 10.6 Å².